The van der Waals surface area contributed by atoms with Crippen LogP contribution in [-0.4, -0.2) is 32.1 Å². The number of methoxy groups -OCH3 is 2. The van der Waals surface area contributed by atoms with Gasteiger partial charge in [0.1, 0.15) is 17.2 Å². The summed E-state index contributed by atoms with van der Waals surface area (Å²) in [7, 11) is 3.14. The monoisotopic (exact) mass is 370 g/mol. The molecule has 0 saturated carbocycles. The maximum Gasteiger partial charge on any atom is 0.266 e. The van der Waals surface area contributed by atoms with Gasteiger partial charge in [0.2, 0.25) is 5.91 Å². The maximum absolute atomic E-state index is 12.5. The summed E-state index contributed by atoms with van der Waals surface area (Å²) >= 11 is 0. The number of rotatable bonds is 6. The highest BCUT2D eigenvalue weighted by Crippen LogP contribution is 2.31. The molecule has 27 heavy (non-hydrogen) atoms. The van der Waals surface area contributed by atoms with Gasteiger partial charge in [0.05, 0.1) is 32.4 Å². The lowest BCUT2D eigenvalue weighted by Crippen LogP contribution is -2.41. The zero-order valence-electron chi connectivity index (χ0n) is 15.4. The smallest absolute Gasteiger partial charge is 0.266 e. The van der Waals surface area contributed by atoms with Crippen molar-refractivity contribution in [3.8, 4) is 17.2 Å². The Kier molecular flexibility index (Phi) is 5.49. The minimum atomic E-state index is -0.876. The SMILES string of the molecule is COc1ccc(OC)c([C@@H](C)NC(=O)C[C@@H]2Oc3ccccc3NC2=O)c1. The van der Waals surface area contributed by atoms with E-state index in [0.717, 1.165) is 5.56 Å². The van der Waals surface area contributed by atoms with Crippen molar-refractivity contribution in [3.63, 3.8) is 0 Å². The van der Waals surface area contributed by atoms with E-state index >= 15 is 0 Å². The van der Waals surface area contributed by atoms with Crippen LogP contribution in [0.4, 0.5) is 5.69 Å². The van der Waals surface area contributed by atoms with E-state index in [1.54, 1.807) is 44.6 Å². The summed E-state index contributed by atoms with van der Waals surface area (Å²) in [5.41, 5.74) is 1.39. The van der Waals surface area contributed by atoms with E-state index in [4.69, 9.17) is 14.2 Å². The standard InChI is InChI=1S/C20H22N2O5/c1-12(14-10-13(25-2)8-9-16(14)26-3)21-19(23)11-18-20(24)22-15-6-4-5-7-17(15)27-18/h4-10,12,18H,11H2,1-3H3,(H,21,23)(H,22,24)/t12-,18+/m1/s1. The van der Waals surface area contributed by atoms with Gasteiger partial charge < -0.3 is 24.8 Å². The summed E-state index contributed by atoms with van der Waals surface area (Å²) in [6.45, 7) is 1.84. The number of anilines is 1. The fraction of sp³-hybridized carbons (Fsp3) is 0.300. The number of carbonyl (C=O) groups is 2. The van der Waals surface area contributed by atoms with E-state index in [1.165, 1.54) is 0 Å². The topological polar surface area (TPSA) is 85.9 Å². The Labute approximate surface area is 157 Å². The second kappa shape index (κ2) is 7.99. The molecule has 7 nitrogen and oxygen atoms in total. The summed E-state index contributed by atoms with van der Waals surface area (Å²) < 4.78 is 16.3. The van der Waals surface area contributed by atoms with Crippen LogP contribution in [-0.2, 0) is 9.59 Å². The van der Waals surface area contributed by atoms with Gasteiger partial charge in [0, 0.05) is 5.56 Å². The molecular formula is C20H22N2O5. The first kappa shape index (κ1) is 18.6. The highest BCUT2D eigenvalue weighted by molar-refractivity contribution is 5.99. The Balaban J connectivity index is 1.67. The molecule has 0 aromatic heterocycles. The summed E-state index contributed by atoms with van der Waals surface area (Å²) in [6, 6.07) is 12.2. The van der Waals surface area contributed by atoms with Crippen molar-refractivity contribution in [3.05, 3.63) is 48.0 Å². The quantitative estimate of drug-likeness (QED) is 0.817. The summed E-state index contributed by atoms with van der Waals surface area (Å²) in [5.74, 6) is 1.22. The number of benzene rings is 2. The van der Waals surface area contributed by atoms with Crippen LogP contribution in [0, 0.1) is 0 Å². The average molecular weight is 370 g/mol. The number of hydrogen-bond acceptors (Lipinski definition) is 5. The van der Waals surface area contributed by atoms with E-state index in [-0.39, 0.29) is 24.3 Å². The molecule has 0 saturated heterocycles. The Bertz CT molecular complexity index is 852. The molecule has 0 unspecified atom stereocenters. The molecule has 2 aromatic rings. The van der Waals surface area contributed by atoms with Crippen molar-refractivity contribution >= 4 is 17.5 Å². The van der Waals surface area contributed by atoms with Crippen LogP contribution in [0.2, 0.25) is 0 Å². The van der Waals surface area contributed by atoms with Gasteiger partial charge in [-0.05, 0) is 37.3 Å². The molecule has 0 radical (unpaired) electrons. The molecule has 1 aliphatic rings. The van der Waals surface area contributed by atoms with Crippen LogP contribution >= 0.6 is 0 Å². The molecule has 7 heteroatoms. The van der Waals surface area contributed by atoms with Gasteiger partial charge >= 0.3 is 0 Å². The lowest BCUT2D eigenvalue weighted by molar-refractivity contribution is -0.130. The molecule has 2 aromatic carbocycles. The fourth-order valence-electron chi connectivity index (χ4n) is 2.95. The van der Waals surface area contributed by atoms with Crippen LogP contribution in [0.25, 0.3) is 0 Å². The molecule has 2 N–H and O–H groups in total. The molecule has 0 spiro atoms. The van der Waals surface area contributed by atoms with Crippen LogP contribution in [0.1, 0.15) is 24.9 Å². The molecule has 0 fully saturated rings. The highest BCUT2D eigenvalue weighted by Gasteiger charge is 2.30. The Morgan fingerprint density at radius 1 is 1.22 bits per heavy atom. The van der Waals surface area contributed by atoms with Gasteiger partial charge in [-0.1, -0.05) is 12.1 Å². The maximum atomic E-state index is 12.5. The van der Waals surface area contributed by atoms with Gasteiger partial charge in [-0.2, -0.15) is 0 Å². The van der Waals surface area contributed by atoms with Crippen molar-refractivity contribution in [1.82, 2.24) is 5.32 Å². The second-order valence-electron chi connectivity index (χ2n) is 6.19. The Morgan fingerprint density at radius 3 is 2.74 bits per heavy atom. The van der Waals surface area contributed by atoms with E-state index in [1.807, 2.05) is 19.1 Å². The summed E-state index contributed by atoms with van der Waals surface area (Å²) in [5, 5.41) is 5.63. The highest BCUT2D eigenvalue weighted by atomic mass is 16.5. The minimum absolute atomic E-state index is 0.0865. The van der Waals surface area contributed by atoms with Crippen LogP contribution < -0.4 is 24.8 Å². The van der Waals surface area contributed by atoms with E-state index in [0.29, 0.717) is 22.9 Å². The molecule has 0 aliphatic carbocycles. The van der Waals surface area contributed by atoms with Crippen molar-refractivity contribution in [2.45, 2.75) is 25.5 Å². The molecular weight excluding hydrogens is 348 g/mol. The van der Waals surface area contributed by atoms with Gasteiger partial charge in [-0.25, -0.2) is 0 Å². The van der Waals surface area contributed by atoms with Crippen molar-refractivity contribution < 1.29 is 23.8 Å². The molecule has 142 valence electrons. The third kappa shape index (κ3) is 4.13. The molecule has 0 bridgehead atoms. The number of carbonyl (C=O) groups excluding carboxylic acids is 2. The third-order valence-corrected chi connectivity index (χ3v) is 4.36. The number of para-hydroxylation sites is 2. The molecule has 2 atom stereocenters. The number of fused-ring (bicyclic) bond motifs is 1. The van der Waals surface area contributed by atoms with E-state index in [9.17, 15) is 9.59 Å². The van der Waals surface area contributed by atoms with Gasteiger partial charge in [-0.15, -0.1) is 0 Å². The molecule has 1 heterocycles. The third-order valence-electron chi connectivity index (χ3n) is 4.36. The van der Waals surface area contributed by atoms with Gasteiger partial charge in [0.25, 0.3) is 5.91 Å². The van der Waals surface area contributed by atoms with E-state index in [2.05, 4.69) is 10.6 Å². The van der Waals surface area contributed by atoms with Crippen LogP contribution in [0.5, 0.6) is 17.2 Å². The first-order chi connectivity index (χ1) is 13.0. The lowest BCUT2D eigenvalue weighted by atomic mass is 10.1. The number of nitrogens with one attached hydrogen (secondary N) is 2. The van der Waals surface area contributed by atoms with Gasteiger partial charge in [-0.3, -0.25) is 9.59 Å². The molecule has 1 aliphatic heterocycles. The fourth-order valence-corrected chi connectivity index (χ4v) is 2.95. The summed E-state index contributed by atoms with van der Waals surface area (Å²) in [4.78, 5) is 24.6. The number of ether oxygens (including phenoxy) is 3. The Morgan fingerprint density at radius 2 is 2.00 bits per heavy atom. The zero-order valence-corrected chi connectivity index (χ0v) is 15.4. The van der Waals surface area contributed by atoms with Crippen molar-refractivity contribution in [2.24, 2.45) is 0 Å². The van der Waals surface area contributed by atoms with Crippen molar-refractivity contribution in [1.29, 1.82) is 0 Å². The lowest BCUT2D eigenvalue weighted by Gasteiger charge is -2.26. The molecule has 3 rings (SSSR count). The summed E-state index contributed by atoms with van der Waals surface area (Å²) in [6.07, 6.45) is -0.962. The van der Waals surface area contributed by atoms with Crippen molar-refractivity contribution in [2.75, 3.05) is 19.5 Å². The zero-order chi connectivity index (χ0) is 19.4. The van der Waals surface area contributed by atoms with E-state index < -0.39 is 6.10 Å². The number of hydrogen-bond donors (Lipinski definition) is 2. The largest absolute Gasteiger partial charge is 0.497 e. The van der Waals surface area contributed by atoms with Gasteiger partial charge in [0.15, 0.2) is 6.10 Å². The predicted molar refractivity (Wildman–Crippen MR) is 100 cm³/mol. The number of amides is 2. The second-order valence-corrected chi connectivity index (χ2v) is 6.19. The minimum Gasteiger partial charge on any atom is -0.497 e. The predicted octanol–water partition coefficient (Wildman–Crippen LogP) is 2.67. The first-order valence-electron chi connectivity index (χ1n) is 8.59. The average Bonchev–Trinajstić information content (AvgIpc) is 2.67. The Hall–Kier alpha value is -3.22. The normalized spacial score (nSPS) is 16.4. The van der Waals surface area contributed by atoms with Crippen LogP contribution in [0.3, 0.4) is 0 Å². The van der Waals surface area contributed by atoms with Crippen LogP contribution in [0.15, 0.2) is 42.5 Å². The first-order valence-corrected chi connectivity index (χ1v) is 8.59. The molecule has 2 amide bonds.